The Hall–Kier alpha value is -2.26. The van der Waals surface area contributed by atoms with Crippen molar-refractivity contribution in [2.24, 2.45) is 0 Å². The van der Waals surface area contributed by atoms with Crippen LogP contribution in [0.1, 0.15) is 42.4 Å². The van der Waals surface area contributed by atoms with E-state index < -0.39 is 0 Å². The molecule has 4 rings (SSSR count). The van der Waals surface area contributed by atoms with Crippen LogP contribution in [0.25, 0.3) is 10.9 Å². The molecule has 27 heavy (non-hydrogen) atoms. The van der Waals surface area contributed by atoms with E-state index in [-0.39, 0.29) is 0 Å². The van der Waals surface area contributed by atoms with Crippen molar-refractivity contribution in [1.82, 2.24) is 9.88 Å². The maximum Gasteiger partial charge on any atom is 0.0456 e. The first-order chi connectivity index (χ1) is 13.2. The normalized spacial score (nSPS) is 16.7. The van der Waals surface area contributed by atoms with Crippen molar-refractivity contribution in [3.63, 3.8) is 0 Å². The van der Waals surface area contributed by atoms with Gasteiger partial charge in [0, 0.05) is 28.8 Å². The molecule has 2 aromatic carbocycles. The summed E-state index contributed by atoms with van der Waals surface area (Å²) in [5.74, 6) is 0. The summed E-state index contributed by atoms with van der Waals surface area (Å²) in [4.78, 5) is 5.95. The Morgan fingerprint density at radius 1 is 1.07 bits per heavy atom. The lowest BCUT2D eigenvalue weighted by Gasteiger charge is -2.33. The summed E-state index contributed by atoms with van der Waals surface area (Å²) < 4.78 is 0. The van der Waals surface area contributed by atoms with Crippen LogP contribution in [0.4, 0.5) is 5.69 Å². The maximum atomic E-state index is 6.14. The molecule has 142 valence electrons. The Balaban J connectivity index is 1.22. The van der Waals surface area contributed by atoms with E-state index in [0.29, 0.717) is 6.04 Å². The molecule has 1 aliphatic carbocycles. The van der Waals surface area contributed by atoms with Gasteiger partial charge < -0.3 is 15.6 Å². The molecule has 3 aromatic rings. The molecule has 1 aliphatic rings. The zero-order valence-electron chi connectivity index (χ0n) is 16.4. The average molecular weight is 362 g/mol. The Bertz CT molecular complexity index is 896. The molecule has 0 radical (unpaired) electrons. The molecule has 1 unspecified atom stereocenters. The first kappa shape index (κ1) is 18.1. The highest BCUT2D eigenvalue weighted by molar-refractivity contribution is 5.82. The molecule has 0 spiro atoms. The summed E-state index contributed by atoms with van der Waals surface area (Å²) in [5.41, 5.74) is 12.7. The number of aryl methyl sites for hydroxylation is 1. The number of rotatable bonds is 7. The molecule has 1 atom stereocenters. The molecular formula is C24H31N3. The standard InChI is InChI=1S/C24H31N3/c1-27(20-13-14-21-18(16-20)9-7-11-23(21)25)15-6-2-3-8-19-17-26-24-12-5-4-10-22(19)24/h4-5,7,9-12,17,20,26H,2-3,6,8,13-16,25H2,1H3. The average Bonchev–Trinajstić information content (AvgIpc) is 3.11. The molecular weight excluding hydrogens is 330 g/mol. The van der Waals surface area contributed by atoms with Gasteiger partial charge in [-0.15, -0.1) is 0 Å². The summed E-state index contributed by atoms with van der Waals surface area (Å²) in [7, 11) is 2.29. The van der Waals surface area contributed by atoms with Gasteiger partial charge in [-0.05, 0) is 80.9 Å². The molecule has 3 nitrogen and oxygen atoms in total. The van der Waals surface area contributed by atoms with Crippen molar-refractivity contribution >= 4 is 16.6 Å². The van der Waals surface area contributed by atoms with Crippen molar-refractivity contribution in [3.05, 3.63) is 65.4 Å². The third-order valence-corrected chi connectivity index (χ3v) is 6.25. The zero-order valence-corrected chi connectivity index (χ0v) is 16.4. The Kier molecular flexibility index (Phi) is 5.49. The third kappa shape index (κ3) is 4.03. The predicted molar refractivity (Wildman–Crippen MR) is 115 cm³/mol. The highest BCUT2D eigenvalue weighted by Gasteiger charge is 2.22. The zero-order chi connectivity index (χ0) is 18.6. The van der Waals surface area contributed by atoms with Gasteiger partial charge in [0.25, 0.3) is 0 Å². The number of fused-ring (bicyclic) bond motifs is 2. The molecule has 0 aliphatic heterocycles. The monoisotopic (exact) mass is 361 g/mol. The van der Waals surface area contributed by atoms with Gasteiger partial charge in [0.1, 0.15) is 0 Å². The summed E-state index contributed by atoms with van der Waals surface area (Å²) >= 11 is 0. The van der Waals surface area contributed by atoms with Crippen LogP contribution in [0, 0.1) is 0 Å². The summed E-state index contributed by atoms with van der Waals surface area (Å²) in [6.07, 6.45) is 10.7. The number of nitrogens with zero attached hydrogens (tertiary/aromatic N) is 1. The second-order valence-electron chi connectivity index (χ2n) is 8.03. The van der Waals surface area contributed by atoms with Crippen LogP contribution in [0.3, 0.4) is 0 Å². The largest absolute Gasteiger partial charge is 0.398 e. The molecule has 3 N–H and O–H groups in total. The highest BCUT2D eigenvalue weighted by atomic mass is 15.1. The highest BCUT2D eigenvalue weighted by Crippen LogP contribution is 2.28. The summed E-state index contributed by atoms with van der Waals surface area (Å²) in [6, 6.07) is 15.7. The smallest absolute Gasteiger partial charge is 0.0456 e. The van der Waals surface area contributed by atoms with Crippen LogP contribution >= 0.6 is 0 Å². The van der Waals surface area contributed by atoms with E-state index in [9.17, 15) is 0 Å². The lowest BCUT2D eigenvalue weighted by Crippen LogP contribution is -2.37. The summed E-state index contributed by atoms with van der Waals surface area (Å²) in [6.45, 7) is 1.19. The van der Waals surface area contributed by atoms with Crippen molar-refractivity contribution in [2.75, 3.05) is 19.3 Å². The van der Waals surface area contributed by atoms with Gasteiger partial charge in [-0.3, -0.25) is 0 Å². The van der Waals surface area contributed by atoms with Crippen LogP contribution in [0.2, 0.25) is 0 Å². The quantitative estimate of drug-likeness (QED) is 0.462. The summed E-state index contributed by atoms with van der Waals surface area (Å²) in [5, 5.41) is 1.38. The predicted octanol–water partition coefficient (Wildman–Crippen LogP) is 4.95. The number of hydrogen-bond acceptors (Lipinski definition) is 2. The van der Waals surface area contributed by atoms with Crippen molar-refractivity contribution in [1.29, 1.82) is 0 Å². The van der Waals surface area contributed by atoms with Crippen molar-refractivity contribution in [2.45, 2.75) is 51.0 Å². The minimum Gasteiger partial charge on any atom is -0.398 e. The van der Waals surface area contributed by atoms with E-state index in [0.717, 1.165) is 18.5 Å². The number of nitrogens with one attached hydrogen (secondary N) is 1. The van der Waals surface area contributed by atoms with Gasteiger partial charge >= 0.3 is 0 Å². The lowest BCUT2D eigenvalue weighted by atomic mass is 9.86. The fourth-order valence-electron chi connectivity index (χ4n) is 4.57. The third-order valence-electron chi connectivity index (χ3n) is 6.25. The van der Waals surface area contributed by atoms with E-state index >= 15 is 0 Å². The number of likely N-dealkylation sites (N-methyl/N-ethyl adjacent to an activating group) is 1. The van der Waals surface area contributed by atoms with Crippen molar-refractivity contribution < 1.29 is 0 Å². The minimum atomic E-state index is 0.660. The van der Waals surface area contributed by atoms with Gasteiger partial charge in [0.2, 0.25) is 0 Å². The number of benzene rings is 2. The van der Waals surface area contributed by atoms with Gasteiger partial charge in [-0.2, -0.15) is 0 Å². The number of aromatic amines is 1. The van der Waals surface area contributed by atoms with Crippen LogP contribution in [0.15, 0.2) is 48.7 Å². The molecule has 1 aromatic heterocycles. The van der Waals surface area contributed by atoms with Gasteiger partial charge in [0.05, 0.1) is 0 Å². The van der Waals surface area contributed by atoms with E-state index in [2.05, 4.69) is 59.5 Å². The fraction of sp³-hybridized carbons (Fsp3) is 0.417. The Morgan fingerprint density at radius 3 is 2.89 bits per heavy atom. The second-order valence-corrected chi connectivity index (χ2v) is 8.03. The molecule has 0 bridgehead atoms. The number of anilines is 1. The molecule has 3 heteroatoms. The maximum absolute atomic E-state index is 6.14. The van der Waals surface area contributed by atoms with E-state index in [1.54, 1.807) is 0 Å². The van der Waals surface area contributed by atoms with Gasteiger partial charge in [-0.25, -0.2) is 0 Å². The van der Waals surface area contributed by atoms with E-state index in [1.165, 1.54) is 66.2 Å². The van der Waals surface area contributed by atoms with E-state index in [4.69, 9.17) is 5.73 Å². The van der Waals surface area contributed by atoms with Crippen molar-refractivity contribution in [3.8, 4) is 0 Å². The van der Waals surface area contributed by atoms with Crippen LogP contribution in [-0.4, -0.2) is 29.5 Å². The molecule has 0 fully saturated rings. The SMILES string of the molecule is CN(CCCCCc1c[nH]c2ccccc12)C1CCc2c(N)cccc2C1. The van der Waals surface area contributed by atoms with E-state index in [1.807, 2.05) is 6.07 Å². The number of nitrogen functional groups attached to an aromatic ring is 1. The first-order valence-electron chi connectivity index (χ1n) is 10.3. The molecule has 0 saturated heterocycles. The van der Waals surface area contributed by atoms with Crippen LogP contribution in [0.5, 0.6) is 0 Å². The van der Waals surface area contributed by atoms with Crippen LogP contribution in [-0.2, 0) is 19.3 Å². The second kappa shape index (κ2) is 8.18. The Morgan fingerprint density at radius 2 is 1.96 bits per heavy atom. The Labute approximate surface area is 162 Å². The fourth-order valence-corrected chi connectivity index (χ4v) is 4.57. The molecule has 1 heterocycles. The number of hydrogen-bond donors (Lipinski definition) is 2. The topological polar surface area (TPSA) is 45.0 Å². The number of H-pyrrole nitrogens is 1. The number of aromatic nitrogens is 1. The van der Waals surface area contributed by atoms with Gasteiger partial charge in [-0.1, -0.05) is 36.8 Å². The van der Waals surface area contributed by atoms with Crippen LogP contribution < -0.4 is 5.73 Å². The molecule has 0 amide bonds. The minimum absolute atomic E-state index is 0.660. The number of para-hydroxylation sites is 1. The first-order valence-corrected chi connectivity index (χ1v) is 10.3. The molecule has 0 saturated carbocycles. The van der Waals surface area contributed by atoms with Gasteiger partial charge in [0.15, 0.2) is 0 Å². The number of nitrogens with two attached hydrogens (primary N) is 1. The lowest BCUT2D eigenvalue weighted by molar-refractivity contribution is 0.217. The number of unbranched alkanes of at least 4 members (excludes halogenated alkanes) is 2.